The Morgan fingerprint density at radius 3 is 1.94 bits per heavy atom. The van der Waals surface area contributed by atoms with Gasteiger partial charge in [-0.15, -0.1) is 11.8 Å². The number of rotatable bonds is 14. The summed E-state index contributed by atoms with van der Waals surface area (Å²) in [6, 6.07) is 7.05. The second-order valence-electron chi connectivity index (χ2n) is 12.1. The van der Waals surface area contributed by atoms with Gasteiger partial charge in [0.05, 0.1) is 13.2 Å². The highest BCUT2D eigenvalue weighted by atomic mass is 32.2. The van der Waals surface area contributed by atoms with Gasteiger partial charge >= 0.3 is 29.8 Å². The first-order valence-corrected chi connectivity index (χ1v) is 17.4. The molecule has 1 aromatic rings. The highest BCUT2D eigenvalue weighted by Crippen LogP contribution is 2.39. The number of carbonyl (C=O) groups excluding carboxylic acids is 6. The van der Waals surface area contributed by atoms with Gasteiger partial charge in [-0.3, -0.25) is 24.0 Å². The van der Waals surface area contributed by atoms with E-state index in [-0.39, 0.29) is 30.3 Å². The van der Waals surface area contributed by atoms with Crippen LogP contribution < -0.4 is 5.32 Å². The van der Waals surface area contributed by atoms with Crippen molar-refractivity contribution in [2.24, 2.45) is 11.8 Å². The van der Waals surface area contributed by atoms with Gasteiger partial charge in [0.1, 0.15) is 30.3 Å². The van der Waals surface area contributed by atoms with Crippen molar-refractivity contribution in [3.63, 3.8) is 0 Å². The maximum absolute atomic E-state index is 12.9. The Hall–Kier alpha value is -3.73. The van der Waals surface area contributed by atoms with Crippen molar-refractivity contribution in [1.82, 2.24) is 5.32 Å². The lowest BCUT2D eigenvalue weighted by molar-refractivity contribution is -0.324. The van der Waals surface area contributed by atoms with E-state index in [4.69, 9.17) is 37.9 Å². The van der Waals surface area contributed by atoms with Crippen LogP contribution in [0, 0.1) is 11.8 Å². The molecule has 0 radical (unpaired) electrons. The smallest absolute Gasteiger partial charge is 0.329 e. The molecule has 2 fully saturated rings. The van der Waals surface area contributed by atoms with E-state index in [1.165, 1.54) is 21.0 Å². The van der Waals surface area contributed by atoms with Crippen LogP contribution in [0.5, 0.6) is 0 Å². The topological polar surface area (TPSA) is 188 Å². The molecule has 1 amide bonds. The Morgan fingerprint density at radius 2 is 1.38 bits per heavy atom. The van der Waals surface area contributed by atoms with Crippen LogP contribution in [0.3, 0.4) is 0 Å². The van der Waals surface area contributed by atoms with Crippen LogP contribution in [-0.2, 0) is 61.9 Å². The highest BCUT2D eigenvalue weighted by molar-refractivity contribution is 7.99. The molecule has 0 aromatic heterocycles. The van der Waals surface area contributed by atoms with E-state index in [0.717, 1.165) is 25.6 Å². The fourth-order valence-electron chi connectivity index (χ4n) is 5.83. The summed E-state index contributed by atoms with van der Waals surface area (Å²) in [7, 11) is 1.17. The molecule has 50 heavy (non-hydrogen) atoms. The maximum Gasteiger partial charge on any atom is 0.329 e. The number of amides is 1. The molecule has 3 rings (SSSR count). The lowest BCUT2D eigenvalue weighted by Gasteiger charge is -2.49. The summed E-state index contributed by atoms with van der Waals surface area (Å²) in [5, 5.41) is 2.64. The van der Waals surface area contributed by atoms with Gasteiger partial charge in [-0.1, -0.05) is 39.0 Å². The third kappa shape index (κ3) is 11.1. The minimum Gasteiger partial charge on any atom is -0.467 e. The molecule has 11 atom stereocenters. The molecule has 0 saturated carbocycles. The van der Waals surface area contributed by atoms with Crippen LogP contribution in [0.2, 0.25) is 0 Å². The monoisotopic (exact) mass is 725 g/mol. The van der Waals surface area contributed by atoms with Gasteiger partial charge in [-0.05, 0) is 24.5 Å². The Balaban J connectivity index is 2.00. The predicted molar refractivity (Wildman–Crippen MR) is 176 cm³/mol. The summed E-state index contributed by atoms with van der Waals surface area (Å²) in [5.41, 5.74) is -0.844. The molecule has 1 aromatic carbocycles. The summed E-state index contributed by atoms with van der Waals surface area (Å²) in [5.74, 6) is -4.38. The van der Waals surface area contributed by atoms with Crippen molar-refractivity contribution < 1.29 is 66.7 Å². The van der Waals surface area contributed by atoms with Gasteiger partial charge in [-0.25, -0.2) is 4.79 Å². The van der Waals surface area contributed by atoms with Crippen LogP contribution in [0.25, 0.3) is 0 Å². The Labute approximate surface area is 295 Å². The zero-order valence-electron chi connectivity index (χ0n) is 29.5. The fourth-order valence-corrected chi connectivity index (χ4v) is 7.06. The molecule has 0 spiro atoms. The van der Waals surface area contributed by atoms with Crippen molar-refractivity contribution in [2.75, 3.05) is 19.5 Å². The Morgan fingerprint density at radius 1 is 0.780 bits per heavy atom. The van der Waals surface area contributed by atoms with E-state index in [2.05, 4.69) is 5.32 Å². The van der Waals surface area contributed by atoms with Crippen LogP contribution in [0.15, 0.2) is 30.3 Å². The lowest BCUT2D eigenvalue weighted by Crippen LogP contribution is -2.64. The van der Waals surface area contributed by atoms with E-state index in [9.17, 15) is 28.8 Å². The quantitative estimate of drug-likeness (QED) is 0.218. The summed E-state index contributed by atoms with van der Waals surface area (Å²) in [6.45, 7) is 10.2. The van der Waals surface area contributed by atoms with E-state index in [1.54, 1.807) is 30.3 Å². The summed E-state index contributed by atoms with van der Waals surface area (Å²) < 4.78 is 46.4. The molecule has 16 heteroatoms. The first-order chi connectivity index (χ1) is 23.7. The van der Waals surface area contributed by atoms with Crippen molar-refractivity contribution in [1.29, 1.82) is 0 Å². The van der Waals surface area contributed by atoms with E-state index in [1.807, 2.05) is 20.8 Å². The average Bonchev–Trinajstić information content (AvgIpc) is 3.06. The van der Waals surface area contributed by atoms with Crippen molar-refractivity contribution >= 4 is 47.5 Å². The number of ether oxygens (including phenoxy) is 8. The van der Waals surface area contributed by atoms with E-state index in [0.29, 0.717) is 12.0 Å². The zero-order chi connectivity index (χ0) is 37.1. The average molecular weight is 726 g/mol. The van der Waals surface area contributed by atoms with Crippen LogP contribution >= 0.6 is 11.8 Å². The van der Waals surface area contributed by atoms with Crippen LogP contribution in [0.1, 0.15) is 65.2 Å². The van der Waals surface area contributed by atoms with Crippen LogP contribution in [0.4, 0.5) is 0 Å². The van der Waals surface area contributed by atoms with Gasteiger partial charge in [0.2, 0.25) is 0 Å². The van der Waals surface area contributed by atoms with E-state index >= 15 is 0 Å². The highest BCUT2D eigenvalue weighted by Gasteiger charge is 2.54. The molecule has 15 nitrogen and oxygen atoms in total. The molecule has 1 unspecified atom stereocenters. The van der Waals surface area contributed by atoms with Gasteiger partial charge in [0, 0.05) is 44.9 Å². The zero-order valence-corrected chi connectivity index (χ0v) is 30.3. The number of esters is 5. The third-order valence-electron chi connectivity index (χ3n) is 8.41. The number of hydrogen-bond donors (Lipinski definition) is 1. The molecular weight excluding hydrogens is 678 g/mol. The first kappa shape index (κ1) is 40.7. The first-order valence-electron chi connectivity index (χ1n) is 16.3. The maximum atomic E-state index is 12.9. The molecular formula is C34H47NO14S. The molecule has 2 heterocycles. The molecule has 2 saturated heterocycles. The number of methoxy groups -OCH3 is 1. The second-order valence-corrected chi connectivity index (χ2v) is 13.2. The minimum atomic E-state index is -1.37. The number of thioether (sulfide) groups is 1. The predicted octanol–water partition coefficient (Wildman–Crippen LogP) is 2.57. The molecule has 0 bridgehead atoms. The number of benzene rings is 1. The normalized spacial score (nSPS) is 29.8. The van der Waals surface area contributed by atoms with Crippen molar-refractivity contribution in [2.45, 2.75) is 109 Å². The molecule has 2 aliphatic heterocycles. The van der Waals surface area contributed by atoms with Crippen LogP contribution in [-0.4, -0.2) is 110 Å². The summed E-state index contributed by atoms with van der Waals surface area (Å²) in [4.78, 5) is 74.8. The lowest BCUT2D eigenvalue weighted by atomic mass is 9.82. The number of hydrogen-bond acceptors (Lipinski definition) is 15. The summed E-state index contributed by atoms with van der Waals surface area (Å²) in [6.07, 6.45) is -6.88. The largest absolute Gasteiger partial charge is 0.467 e. The fraction of sp³-hybridized carbons (Fsp3) is 0.647. The minimum absolute atomic E-state index is 0.0207. The van der Waals surface area contributed by atoms with Gasteiger partial charge in [0.25, 0.3) is 5.91 Å². The van der Waals surface area contributed by atoms with Gasteiger partial charge in [-0.2, -0.15) is 0 Å². The molecule has 1 N–H and O–H groups in total. The number of carbonyl (C=O) groups is 6. The molecule has 0 aliphatic carbocycles. The van der Waals surface area contributed by atoms with Crippen molar-refractivity contribution in [3.05, 3.63) is 35.9 Å². The Kier molecular flexibility index (Phi) is 15.5. The standard InChI is InChI=1S/C34H47NO14S/c1-9-25-17(2)18(3)27(44-20(5)37)33(47-25)49-28-26(15-43-19(4)36)48-34(30(46-22(7)39)29(28)45-21(6)38)50-16-24(32(41)42-8)35-31(40)23-13-11-10-12-14-23/h10-14,17-18,24-30,33-34H,9,15-16H2,1-8H3,(H,35,40)/t17-,18-,24-,25+,26+,27+,28?,29-,30+,33+,34+/m0/s1. The van der Waals surface area contributed by atoms with Gasteiger partial charge < -0.3 is 43.2 Å². The Bertz CT molecular complexity index is 1340. The third-order valence-corrected chi connectivity index (χ3v) is 9.64. The second kappa shape index (κ2) is 19.0. The number of nitrogens with one attached hydrogen (secondary N) is 1. The van der Waals surface area contributed by atoms with Crippen molar-refractivity contribution in [3.8, 4) is 0 Å². The van der Waals surface area contributed by atoms with E-state index < -0.39 is 84.0 Å². The SMILES string of the molecule is CC[C@H]1O[C@H](OC2[C@@H](COC(C)=O)O[C@H](SC[C@H](NC(=O)c3ccccc3)C(=O)OC)[C@H](OC(C)=O)[C@H]2OC(C)=O)[C@H](OC(C)=O)[C@@H](C)[C@@H]1C. The molecule has 278 valence electrons. The molecule has 2 aliphatic rings. The van der Waals surface area contributed by atoms with Gasteiger partial charge in [0.15, 0.2) is 24.6 Å². The summed E-state index contributed by atoms with van der Waals surface area (Å²) >= 11 is 0.964.